The maximum Gasteiger partial charge on any atom is 0.317 e. The van der Waals surface area contributed by atoms with E-state index in [0.717, 1.165) is 0 Å². The van der Waals surface area contributed by atoms with Gasteiger partial charge in [0, 0.05) is 19.6 Å². The lowest BCUT2D eigenvalue weighted by Gasteiger charge is -2.19. The van der Waals surface area contributed by atoms with E-state index >= 15 is 0 Å². The number of ketones is 1. The zero-order chi connectivity index (χ0) is 17.5. The number of nitrogens with zero attached hydrogens (tertiary/aromatic N) is 2. The molecular formula is C11H26N8O3. The highest BCUT2D eigenvalue weighted by molar-refractivity contribution is 5.84. The maximum absolute atomic E-state index is 10.6. The van der Waals surface area contributed by atoms with Crippen LogP contribution in [0.3, 0.4) is 0 Å². The number of rotatable bonds is 9. The number of nitrogens with two attached hydrogens (primary N) is 4. The zero-order valence-electron chi connectivity index (χ0n) is 12.7. The SMILES string of the molecule is CC(=O)CN(CCN)C(=N)N.NC(N)=NCCNCC(=O)O. The molecule has 0 aromatic carbocycles. The van der Waals surface area contributed by atoms with E-state index in [4.69, 9.17) is 33.5 Å². The molecule has 0 saturated heterocycles. The molecule has 0 spiro atoms. The Kier molecular flexibility index (Phi) is 13.5. The van der Waals surface area contributed by atoms with Crippen LogP contribution in [0.5, 0.6) is 0 Å². The summed E-state index contributed by atoms with van der Waals surface area (Å²) in [7, 11) is 0. The van der Waals surface area contributed by atoms with Gasteiger partial charge in [-0.1, -0.05) is 0 Å². The number of nitrogens with one attached hydrogen (secondary N) is 2. The van der Waals surface area contributed by atoms with Crippen LogP contribution in [0.1, 0.15) is 6.92 Å². The molecular weight excluding hydrogens is 292 g/mol. The summed E-state index contributed by atoms with van der Waals surface area (Å²) in [5.41, 5.74) is 20.4. The summed E-state index contributed by atoms with van der Waals surface area (Å²) in [5, 5.41) is 17.8. The zero-order valence-corrected chi connectivity index (χ0v) is 12.7. The van der Waals surface area contributed by atoms with Gasteiger partial charge in [0.1, 0.15) is 5.78 Å². The van der Waals surface area contributed by atoms with Gasteiger partial charge in [0.05, 0.1) is 19.6 Å². The van der Waals surface area contributed by atoms with Gasteiger partial charge in [-0.05, 0) is 6.92 Å². The molecule has 11 nitrogen and oxygen atoms in total. The first-order valence-corrected chi connectivity index (χ1v) is 6.47. The highest BCUT2D eigenvalue weighted by Gasteiger charge is 2.06. The molecule has 0 aliphatic heterocycles. The van der Waals surface area contributed by atoms with Crippen molar-refractivity contribution in [3.05, 3.63) is 0 Å². The van der Waals surface area contributed by atoms with E-state index in [1.54, 1.807) is 0 Å². The summed E-state index contributed by atoms with van der Waals surface area (Å²) < 4.78 is 0. The van der Waals surface area contributed by atoms with Gasteiger partial charge in [0.25, 0.3) is 0 Å². The van der Waals surface area contributed by atoms with Crippen molar-refractivity contribution in [3.63, 3.8) is 0 Å². The summed E-state index contributed by atoms with van der Waals surface area (Å²) in [6.07, 6.45) is 0. The fraction of sp³-hybridized carbons (Fsp3) is 0.636. The van der Waals surface area contributed by atoms with Gasteiger partial charge < -0.3 is 38.3 Å². The number of hydrogen-bond donors (Lipinski definition) is 7. The van der Waals surface area contributed by atoms with E-state index in [9.17, 15) is 9.59 Å². The van der Waals surface area contributed by atoms with Crippen LogP contribution in [0.25, 0.3) is 0 Å². The van der Waals surface area contributed by atoms with Gasteiger partial charge in [0.15, 0.2) is 11.9 Å². The van der Waals surface area contributed by atoms with Crippen molar-refractivity contribution in [2.75, 3.05) is 39.3 Å². The van der Waals surface area contributed by atoms with Crippen molar-refractivity contribution in [1.82, 2.24) is 10.2 Å². The van der Waals surface area contributed by atoms with Crippen LogP contribution < -0.4 is 28.3 Å². The van der Waals surface area contributed by atoms with Gasteiger partial charge in [-0.3, -0.25) is 20.0 Å². The van der Waals surface area contributed by atoms with Crippen molar-refractivity contribution < 1.29 is 14.7 Å². The maximum atomic E-state index is 10.6. The molecule has 0 radical (unpaired) electrons. The largest absolute Gasteiger partial charge is 0.480 e. The number of carbonyl (C=O) groups excluding carboxylic acids is 1. The predicted octanol–water partition coefficient (Wildman–Crippen LogP) is -3.34. The molecule has 0 atom stereocenters. The Morgan fingerprint density at radius 1 is 1.32 bits per heavy atom. The number of carboxylic acids is 1. The molecule has 0 saturated carbocycles. The van der Waals surface area contributed by atoms with Gasteiger partial charge in [-0.25, -0.2) is 0 Å². The van der Waals surface area contributed by atoms with Crippen LogP contribution in [0.15, 0.2) is 4.99 Å². The minimum atomic E-state index is -0.894. The van der Waals surface area contributed by atoms with Gasteiger partial charge >= 0.3 is 5.97 Å². The van der Waals surface area contributed by atoms with Crippen LogP contribution >= 0.6 is 0 Å². The summed E-state index contributed by atoms with van der Waals surface area (Å²) in [6.45, 7) is 3.26. The lowest BCUT2D eigenvalue weighted by molar-refractivity contribution is -0.135. The molecule has 11 N–H and O–H groups in total. The quantitative estimate of drug-likeness (QED) is 0.128. The standard InChI is InChI=1S/C6H14N4O.C5H12N4O2/c1-5(11)4-10(3-2-7)6(8)9;6-5(7)9-2-1-8-3-4(10)11/h2-4,7H2,1H3,(H3,8,9);8H,1-3H2,(H,10,11)(H4,6,7,9). The van der Waals surface area contributed by atoms with Gasteiger partial charge in [-0.2, -0.15) is 0 Å². The molecule has 11 heteroatoms. The van der Waals surface area contributed by atoms with E-state index in [1.165, 1.54) is 11.8 Å². The number of carbonyl (C=O) groups is 2. The lowest BCUT2D eigenvalue weighted by atomic mass is 10.4. The number of aliphatic imine (C=N–C) groups is 1. The Morgan fingerprint density at radius 2 is 1.91 bits per heavy atom. The van der Waals surface area contributed by atoms with Crippen LogP contribution in [-0.4, -0.2) is 72.9 Å². The van der Waals surface area contributed by atoms with E-state index in [0.29, 0.717) is 26.2 Å². The summed E-state index contributed by atoms with van der Waals surface area (Å²) in [5.74, 6) is -1.00. The minimum Gasteiger partial charge on any atom is -0.480 e. The summed E-state index contributed by atoms with van der Waals surface area (Å²) in [6, 6.07) is 0. The molecule has 0 unspecified atom stereocenters. The van der Waals surface area contributed by atoms with E-state index in [2.05, 4.69) is 10.3 Å². The van der Waals surface area contributed by atoms with Crippen molar-refractivity contribution in [2.24, 2.45) is 27.9 Å². The van der Waals surface area contributed by atoms with Crippen molar-refractivity contribution in [3.8, 4) is 0 Å². The van der Waals surface area contributed by atoms with Gasteiger partial charge in [-0.15, -0.1) is 0 Å². The van der Waals surface area contributed by atoms with Gasteiger partial charge in [0.2, 0.25) is 0 Å². The second-order valence-electron chi connectivity index (χ2n) is 4.17. The number of aliphatic carboxylic acids is 1. The first kappa shape index (κ1) is 21.9. The molecule has 0 amide bonds. The average molecular weight is 318 g/mol. The monoisotopic (exact) mass is 318 g/mol. The third-order valence-corrected chi connectivity index (χ3v) is 2.01. The van der Waals surface area contributed by atoms with Crippen molar-refractivity contribution in [1.29, 1.82) is 5.41 Å². The van der Waals surface area contributed by atoms with E-state index in [-0.39, 0.29) is 30.8 Å². The Labute approximate surface area is 129 Å². The molecule has 0 fully saturated rings. The Morgan fingerprint density at radius 3 is 2.27 bits per heavy atom. The molecule has 0 aromatic rings. The number of Topliss-reactive ketones (excluding diaryl/α,β-unsaturated/α-hetero) is 1. The highest BCUT2D eigenvalue weighted by Crippen LogP contribution is 1.84. The first-order valence-electron chi connectivity index (χ1n) is 6.47. The Bertz CT molecular complexity index is 382. The predicted molar refractivity (Wildman–Crippen MR) is 84.4 cm³/mol. The Hall–Kier alpha value is -2.40. The fourth-order valence-electron chi connectivity index (χ4n) is 1.17. The smallest absolute Gasteiger partial charge is 0.317 e. The van der Waals surface area contributed by atoms with Crippen LogP contribution in [-0.2, 0) is 9.59 Å². The molecule has 0 heterocycles. The molecule has 0 aliphatic rings. The fourth-order valence-corrected chi connectivity index (χ4v) is 1.17. The number of hydrogen-bond acceptors (Lipinski definition) is 6. The molecule has 0 aromatic heterocycles. The summed E-state index contributed by atoms with van der Waals surface area (Å²) >= 11 is 0. The lowest BCUT2D eigenvalue weighted by Crippen LogP contribution is -2.42. The van der Waals surface area contributed by atoms with Crippen LogP contribution in [0, 0.1) is 5.41 Å². The second kappa shape index (κ2) is 13.6. The molecule has 0 aliphatic carbocycles. The normalized spacial score (nSPS) is 9.18. The third kappa shape index (κ3) is 17.6. The second-order valence-corrected chi connectivity index (χ2v) is 4.17. The van der Waals surface area contributed by atoms with Crippen LogP contribution in [0.2, 0.25) is 0 Å². The van der Waals surface area contributed by atoms with E-state index < -0.39 is 5.97 Å². The average Bonchev–Trinajstić information content (AvgIpc) is 2.37. The molecule has 0 bridgehead atoms. The Balaban J connectivity index is 0. The van der Waals surface area contributed by atoms with Crippen LogP contribution in [0.4, 0.5) is 0 Å². The highest BCUT2D eigenvalue weighted by atomic mass is 16.4. The topological polar surface area (TPSA) is 210 Å². The summed E-state index contributed by atoms with van der Waals surface area (Å²) in [4.78, 5) is 25.6. The molecule has 22 heavy (non-hydrogen) atoms. The number of carboxylic acid groups (broad SMARTS) is 1. The molecule has 128 valence electrons. The van der Waals surface area contributed by atoms with E-state index in [1.807, 2.05) is 0 Å². The third-order valence-electron chi connectivity index (χ3n) is 2.01. The minimum absolute atomic E-state index is 0.0159. The molecule has 0 rings (SSSR count). The first-order chi connectivity index (χ1) is 10.2. The van der Waals surface area contributed by atoms with Crippen molar-refractivity contribution >= 4 is 23.7 Å². The van der Waals surface area contributed by atoms with Crippen molar-refractivity contribution in [2.45, 2.75) is 6.92 Å². The number of guanidine groups is 2.